The molecule has 7 heteroatoms. The van der Waals surface area contributed by atoms with Crippen LogP contribution in [0.1, 0.15) is 39.5 Å². The van der Waals surface area contributed by atoms with Crippen molar-refractivity contribution in [3.8, 4) is 0 Å². The van der Waals surface area contributed by atoms with E-state index in [1.165, 1.54) is 0 Å². The van der Waals surface area contributed by atoms with Crippen molar-refractivity contribution in [1.29, 1.82) is 0 Å². The van der Waals surface area contributed by atoms with Gasteiger partial charge in [-0.3, -0.25) is 9.59 Å². The molecule has 0 aliphatic heterocycles. The number of hydrogen-bond acceptors (Lipinski definition) is 3. The molecular weight excluding hydrogens is 325 g/mol. The van der Waals surface area contributed by atoms with Crippen LogP contribution in [-0.2, 0) is 9.59 Å². The maximum absolute atomic E-state index is 11.9. The van der Waals surface area contributed by atoms with E-state index in [1.54, 1.807) is 25.1 Å². The van der Waals surface area contributed by atoms with Crippen LogP contribution in [-0.4, -0.2) is 17.5 Å². The molecule has 1 aromatic rings. The van der Waals surface area contributed by atoms with Crippen molar-refractivity contribution in [2.24, 2.45) is 5.10 Å². The summed E-state index contributed by atoms with van der Waals surface area (Å²) in [4.78, 5) is 23.3. The monoisotopic (exact) mass is 343 g/mol. The van der Waals surface area contributed by atoms with Crippen molar-refractivity contribution in [2.75, 3.05) is 5.32 Å². The first-order valence-electron chi connectivity index (χ1n) is 6.98. The number of amides is 2. The van der Waals surface area contributed by atoms with Gasteiger partial charge in [-0.25, -0.2) is 5.43 Å². The van der Waals surface area contributed by atoms with Crippen LogP contribution in [0.15, 0.2) is 23.3 Å². The Morgan fingerprint density at radius 3 is 2.36 bits per heavy atom. The van der Waals surface area contributed by atoms with Gasteiger partial charge in [-0.1, -0.05) is 36.5 Å². The van der Waals surface area contributed by atoms with Gasteiger partial charge >= 0.3 is 0 Å². The van der Waals surface area contributed by atoms with Crippen LogP contribution < -0.4 is 10.7 Å². The highest BCUT2D eigenvalue weighted by molar-refractivity contribution is 6.35. The summed E-state index contributed by atoms with van der Waals surface area (Å²) < 4.78 is 0. The van der Waals surface area contributed by atoms with Gasteiger partial charge < -0.3 is 5.32 Å². The molecule has 0 fully saturated rings. The van der Waals surface area contributed by atoms with E-state index in [4.69, 9.17) is 23.2 Å². The molecule has 2 amide bonds. The summed E-state index contributed by atoms with van der Waals surface area (Å²) >= 11 is 11.7. The van der Waals surface area contributed by atoms with Crippen molar-refractivity contribution in [3.05, 3.63) is 28.2 Å². The van der Waals surface area contributed by atoms with Gasteiger partial charge in [0.2, 0.25) is 11.8 Å². The predicted octanol–water partition coefficient (Wildman–Crippen LogP) is 4.00. The molecule has 0 aromatic heterocycles. The number of nitrogens with zero attached hydrogens (tertiary/aromatic N) is 1. The second-order valence-corrected chi connectivity index (χ2v) is 5.74. The first-order chi connectivity index (χ1) is 10.4. The van der Waals surface area contributed by atoms with Crippen molar-refractivity contribution in [1.82, 2.24) is 5.43 Å². The van der Waals surface area contributed by atoms with E-state index in [0.29, 0.717) is 27.9 Å². The number of rotatable bonds is 7. The molecule has 22 heavy (non-hydrogen) atoms. The Hall–Kier alpha value is -1.59. The third-order valence-electron chi connectivity index (χ3n) is 2.69. The maximum atomic E-state index is 11.9. The number of halogens is 2. The Balaban J connectivity index is 2.48. The second kappa shape index (κ2) is 9.43. The standard InChI is InChI=1S/C15H19Cl2N3O2/c1-3-4-5-14(21)20-19-10(2)6-15(22)18-13-8-11(16)7-12(17)9-13/h7-9H,3-6H2,1-2H3,(H,18,22)(H,20,21)/b19-10+. The van der Waals surface area contributed by atoms with Crippen molar-refractivity contribution in [2.45, 2.75) is 39.5 Å². The summed E-state index contributed by atoms with van der Waals surface area (Å²) in [7, 11) is 0. The van der Waals surface area contributed by atoms with E-state index in [-0.39, 0.29) is 18.2 Å². The molecule has 1 rings (SSSR count). The van der Waals surface area contributed by atoms with Crippen LogP contribution >= 0.6 is 23.2 Å². The van der Waals surface area contributed by atoms with E-state index >= 15 is 0 Å². The zero-order valence-corrected chi connectivity index (χ0v) is 14.1. The smallest absolute Gasteiger partial charge is 0.240 e. The van der Waals surface area contributed by atoms with Gasteiger partial charge in [0.25, 0.3) is 0 Å². The lowest BCUT2D eigenvalue weighted by molar-refractivity contribution is -0.121. The summed E-state index contributed by atoms with van der Waals surface area (Å²) in [6, 6.07) is 4.78. The first kappa shape index (κ1) is 18.5. The van der Waals surface area contributed by atoms with E-state index in [0.717, 1.165) is 12.8 Å². The van der Waals surface area contributed by atoms with Crippen LogP contribution in [0.2, 0.25) is 10.0 Å². The first-order valence-corrected chi connectivity index (χ1v) is 7.74. The summed E-state index contributed by atoms with van der Waals surface area (Å²) in [5, 5.41) is 7.46. The third kappa shape index (κ3) is 7.43. The van der Waals surface area contributed by atoms with Gasteiger partial charge in [0.15, 0.2) is 0 Å². The largest absolute Gasteiger partial charge is 0.326 e. The molecule has 0 spiro atoms. The molecular formula is C15H19Cl2N3O2. The fraction of sp³-hybridized carbons (Fsp3) is 0.400. The minimum atomic E-state index is -0.262. The Labute approximate surface area is 140 Å². The summed E-state index contributed by atoms with van der Waals surface area (Å²) in [5.74, 6) is -0.411. The van der Waals surface area contributed by atoms with Gasteiger partial charge in [0.1, 0.15) is 0 Å². The molecule has 0 saturated carbocycles. The third-order valence-corrected chi connectivity index (χ3v) is 3.13. The lowest BCUT2D eigenvalue weighted by Crippen LogP contribution is -2.21. The SMILES string of the molecule is CCCCC(=O)N/N=C(\C)CC(=O)Nc1cc(Cl)cc(Cl)c1. The number of carbonyl (C=O) groups excluding carboxylic acids is 2. The fourth-order valence-corrected chi connectivity index (χ4v) is 2.18. The van der Waals surface area contributed by atoms with Gasteiger partial charge in [-0.15, -0.1) is 0 Å². The summed E-state index contributed by atoms with van der Waals surface area (Å²) in [5.41, 5.74) is 3.46. The highest BCUT2D eigenvalue weighted by atomic mass is 35.5. The summed E-state index contributed by atoms with van der Waals surface area (Å²) in [6.07, 6.45) is 2.26. The minimum absolute atomic E-state index is 0.0676. The average Bonchev–Trinajstić information content (AvgIpc) is 2.41. The molecule has 0 unspecified atom stereocenters. The molecule has 0 atom stereocenters. The molecule has 2 N–H and O–H groups in total. The van der Waals surface area contributed by atoms with E-state index in [2.05, 4.69) is 15.8 Å². The van der Waals surface area contributed by atoms with Crippen LogP contribution in [0.25, 0.3) is 0 Å². The number of anilines is 1. The zero-order valence-electron chi connectivity index (χ0n) is 12.6. The molecule has 1 aromatic carbocycles. The molecule has 0 bridgehead atoms. The molecule has 0 saturated heterocycles. The van der Waals surface area contributed by atoms with Gasteiger partial charge in [-0.05, 0) is 31.5 Å². The Bertz CT molecular complexity index is 554. The number of carbonyl (C=O) groups is 2. The molecule has 120 valence electrons. The lowest BCUT2D eigenvalue weighted by atomic mass is 10.2. The van der Waals surface area contributed by atoms with Crippen molar-refractivity contribution in [3.63, 3.8) is 0 Å². The topological polar surface area (TPSA) is 70.6 Å². The number of hydrazone groups is 1. The quantitative estimate of drug-likeness (QED) is 0.580. The minimum Gasteiger partial charge on any atom is -0.326 e. The van der Waals surface area contributed by atoms with Gasteiger partial charge in [-0.2, -0.15) is 5.10 Å². The Morgan fingerprint density at radius 1 is 1.14 bits per heavy atom. The number of unbranched alkanes of at least 4 members (excludes halogenated alkanes) is 1. The van der Waals surface area contributed by atoms with E-state index in [1.807, 2.05) is 6.92 Å². The number of nitrogens with one attached hydrogen (secondary N) is 2. The Morgan fingerprint density at radius 2 is 1.77 bits per heavy atom. The normalized spacial score (nSPS) is 11.2. The van der Waals surface area contributed by atoms with Crippen LogP contribution in [0.4, 0.5) is 5.69 Å². The molecule has 0 radical (unpaired) electrons. The Kier molecular flexibility index (Phi) is 7.91. The molecule has 0 heterocycles. The van der Waals surface area contributed by atoms with Crippen LogP contribution in [0, 0.1) is 0 Å². The molecule has 0 aliphatic carbocycles. The van der Waals surface area contributed by atoms with Crippen LogP contribution in [0.5, 0.6) is 0 Å². The van der Waals surface area contributed by atoms with E-state index < -0.39 is 0 Å². The second-order valence-electron chi connectivity index (χ2n) is 4.87. The summed E-state index contributed by atoms with van der Waals surface area (Å²) in [6.45, 7) is 3.68. The maximum Gasteiger partial charge on any atom is 0.240 e. The van der Waals surface area contributed by atoms with Crippen molar-refractivity contribution >= 4 is 46.4 Å². The highest BCUT2D eigenvalue weighted by Gasteiger charge is 2.07. The lowest BCUT2D eigenvalue weighted by Gasteiger charge is -2.06. The predicted molar refractivity (Wildman–Crippen MR) is 90.5 cm³/mol. The van der Waals surface area contributed by atoms with Crippen LogP contribution in [0.3, 0.4) is 0 Å². The van der Waals surface area contributed by atoms with E-state index in [9.17, 15) is 9.59 Å². The van der Waals surface area contributed by atoms with Gasteiger partial charge in [0, 0.05) is 27.9 Å². The van der Waals surface area contributed by atoms with Crippen molar-refractivity contribution < 1.29 is 9.59 Å². The molecule has 0 aliphatic rings. The number of hydrogen-bond donors (Lipinski definition) is 2. The fourth-order valence-electron chi connectivity index (χ4n) is 1.65. The highest BCUT2D eigenvalue weighted by Crippen LogP contribution is 2.22. The zero-order chi connectivity index (χ0) is 16.5. The van der Waals surface area contributed by atoms with Gasteiger partial charge in [0.05, 0.1) is 6.42 Å². The average molecular weight is 344 g/mol. The molecule has 5 nitrogen and oxygen atoms in total. The number of benzene rings is 1.